The molecule has 2 amide bonds. The third-order valence-corrected chi connectivity index (χ3v) is 5.52. The topological polar surface area (TPSA) is 60.9 Å². The van der Waals surface area contributed by atoms with Gasteiger partial charge in [0.1, 0.15) is 6.04 Å². The van der Waals surface area contributed by atoms with Gasteiger partial charge in [-0.1, -0.05) is 12.8 Å². The summed E-state index contributed by atoms with van der Waals surface area (Å²) in [4.78, 5) is 27.7. The Hall–Kier alpha value is -1.26. The van der Waals surface area contributed by atoms with Crippen LogP contribution in [0.2, 0.25) is 0 Å². The lowest BCUT2D eigenvalue weighted by Crippen LogP contribution is -2.54. The molecule has 0 radical (unpaired) electrons. The highest BCUT2D eigenvalue weighted by atomic mass is 16.4. The van der Waals surface area contributed by atoms with E-state index in [1.165, 1.54) is 12.8 Å². The fourth-order valence-electron chi connectivity index (χ4n) is 4.07. The first kappa shape index (κ1) is 13.7. The van der Waals surface area contributed by atoms with Gasteiger partial charge in [-0.2, -0.15) is 0 Å². The average Bonchev–Trinajstić information content (AvgIpc) is 2.75. The highest BCUT2D eigenvalue weighted by Crippen LogP contribution is 2.40. The van der Waals surface area contributed by atoms with Crippen LogP contribution >= 0.6 is 0 Å². The highest BCUT2D eigenvalue weighted by molar-refractivity contribution is 5.84. The van der Waals surface area contributed by atoms with Gasteiger partial charge in [-0.05, 0) is 44.4 Å². The third-order valence-electron chi connectivity index (χ3n) is 5.52. The molecule has 2 saturated carbocycles. The summed E-state index contributed by atoms with van der Waals surface area (Å²) in [6, 6.07) is -0.200. The zero-order valence-electron chi connectivity index (χ0n) is 12.1. The fourth-order valence-corrected chi connectivity index (χ4v) is 4.07. The number of likely N-dealkylation sites (tertiary alicyclic amines) is 1. The van der Waals surface area contributed by atoms with Crippen molar-refractivity contribution >= 4 is 12.0 Å². The van der Waals surface area contributed by atoms with E-state index in [0.29, 0.717) is 18.4 Å². The van der Waals surface area contributed by atoms with Crippen molar-refractivity contribution in [2.45, 2.75) is 69.5 Å². The minimum absolute atomic E-state index is 0.0588. The molecule has 3 atom stereocenters. The van der Waals surface area contributed by atoms with Crippen LogP contribution in [0, 0.1) is 5.92 Å². The molecule has 5 nitrogen and oxygen atoms in total. The minimum Gasteiger partial charge on any atom is -0.480 e. The van der Waals surface area contributed by atoms with Gasteiger partial charge in [-0.3, -0.25) is 0 Å². The summed E-state index contributed by atoms with van der Waals surface area (Å²) >= 11 is 0. The summed E-state index contributed by atoms with van der Waals surface area (Å²) in [6.45, 7) is 0. The van der Waals surface area contributed by atoms with Crippen LogP contribution in [0.5, 0.6) is 0 Å². The van der Waals surface area contributed by atoms with Crippen molar-refractivity contribution in [2.24, 2.45) is 5.92 Å². The summed E-state index contributed by atoms with van der Waals surface area (Å²) in [6.07, 6.45) is 8.27. The molecule has 3 rings (SSSR count). The summed E-state index contributed by atoms with van der Waals surface area (Å²) in [7, 11) is 1.83. The van der Waals surface area contributed by atoms with Crippen molar-refractivity contribution in [3.63, 3.8) is 0 Å². The number of carbonyl (C=O) groups excluding carboxylic acids is 1. The van der Waals surface area contributed by atoms with Crippen molar-refractivity contribution in [3.8, 4) is 0 Å². The summed E-state index contributed by atoms with van der Waals surface area (Å²) in [5, 5.41) is 9.46. The zero-order valence-corrected chi connectivity index (χ0v) is 12.1. The maximum atomic E-state index is 12.7. The predicted octanol–water partition coefficient (Wildman–Crippen LogP) is 2.31. The van der Waals surface area contributed by atoms with Crippen molar-refractivity contribution in [3.05, 3.63) is 0 Å². The quantitative estimate of drug-likeness (QED) is 0.844. The number of carboxylic acid groups (broad SMARTS) is 1. The number of aliphatic carboxylic acids is 1. The zero-order chi connectivity index (χ0) is 14.3. The number of rotatable bonds is 2. The molecule has 2 aliphatic carbocycles. The molecule has 3 aliphatic rings. The second-order valence-electron chi connectivity index (χ2n) is 6.59. The Balaban J connectivity index is 1.79. The van der Waals surface area contributed by atoms with E-state index in [2.05, 4.69) is 0 Å². The second-order valence-corrected chi connectivity index (χ2v) is 6.59. The molecule has 3 unspecified atom stereocenters. The lowest BCUT2D eigenvalue weighted by atomic mass is 9.85. The number of nitrogens with zero attached hydrogens (tertiary/aromatic N) is 2. The van der Waals surface area contributed by atoms with Crippen molar-refractivity contribution < 1.29 is 14.7 Å². The first-order valence-corrected chi connectivity index (χ1v) is 7.87. The summed E-state index contributed by atoms with van der Waals surface area (Å²) < 4.78 is 0. The van der Waals surface area contributed by atoms with Crippen LogP contribution in [-0.4, -0.2) is 52.1 Å². The second kappa shape index (κ2) is 5.26. The Morgan fingerprint density at radius 2 is 1.80 bits per heavy atom. The van der Waals surface area contributed by atoms with Crippen molar-refractivity contribution in [1.29, 1.82) is 0 Å². The Bertz CT molecular complexity index is 408. The van der Waals surface area contributed by atoms with E-state index in [1.54, 1.807) is 9.80 Å². The molecule has 1 aliphatic heterocycles. The standard InChI is InChI=1S/C15H24N2O3/c1-16(11-6-4-7-11)15(20)17-12-8-3-2-5-10(12)9-13(17)14(18)19/h10-13H,2-9H2,1H3,(H,18,19). The van der Waals surface area contributed by atoms with Gasteiger partial charge in [-0.25, -0.2) is 9.59 Å². The average molecular weight is 280 g/mol. The lowest BCUT2D eigenvalue weighted by Gasteiger charge is -2.40. The van der Waals surface area contributed by atoms with Gasteiger partial charge >= 0.3 is 12.0 Å². The molecular formula is C15H24N2O3. The van der Waals surface area contributed by atoms with E-state index < -0.39 is 12.0 Å². The Morgan fingerprint density at radius 1 is 1.10 bits per heavy atom. The number of hydrogen-bond acceptors (Lipinski definition) is 2. The molecule has 1 saturated heterocycles. The molecular weight excluding hydrogens is 256 g/mol. The van der Waals surface area contributed by atoms with E-state index in [1.807, 2.05) is 7.05 Å². The number of carbonyl (C=O) groups is 2. The van der Waals surface area contributed by atoms with Crippen LogP contribution in [0.25, 0.3) is 0 Å². The number of hydrogen-bond donors (Lipinski definition) is 1. The fraction of sp³-hybridized carbons (Fsp3) is 0.867. The third kappa shape index (κ3) is 2.17. The maximum absolute atomic E-state index is 12.7. The van der Waals surface area contributed by atoms with E-state index >= 15 is 0 Å². The number of urea groups is 1. The molecule has 1 heterocycles. The smallest absolute Gasteiger partial charge is 0.326 e. The van der Waals surface area contributed by atoms with Gasteiger partial charge in [0.25, 0.3) is 0 Å². The van der Waals surface area contributed by atoms with Gasteiger partial charge in [0.15, 0.2) is 0 Å². The first-order chi connectivity index (χ1) is 9.59. The normalized spacial score (nSPS) is 33.5. The van der Waals surface area contributed by atoms with Crippen LogP contribution in [0.15, 0.2) is 0 Å². The predicted molar refractivity (Wildman–Crippen MR) is 74.4 cm³/mol. The molecule has 0 bridgehead atoms. The van der Waals surface area contributed by atoms with Crippen LogP contribution in [0.3, 0.4) is 0 Å². The monoisotopic (exact) mass is 280 g/mol. The molecule has 0 spiro atoms. The molecule has 0 aromatic heterocycles. The van der Waals surface area contributed by atoms with Gasteiger partial charge in [0, 0.05) is 19.1 Å². The SMILES string of the molecule is CN(C(=O)N1C(C(=O)O)CC2CCCCC21)C1CCC1. The molecule has 112 valence electrons. The van der Waals surface area contributed by atoms with Crippen molar-refractivity contribution in [2.75, 3.05) is 7.05 Å². The summed E-state index contributed by atoms with van der Waals surface area (Å²) in [5.74, 6) is -0.446. The number of amides is 2. The van der Waals surface area contributed by atoms with Crippen LogP contribution < -0.4 is 0 Å². The molecule has 0 aromatic carbocycles. The Labute approximate surface area is 119 Å². The van der Waals surface area contributed by atoms with E-state index in [4.69, 9.17) is 0 Å². The summed E-state index contributed by atoms with van der Waals surface area (Å²) in [5.41, 5.74) is 0. The highest BCUT2D eigenvalue weighted by Gasteiger charge is 2.49. The van der Waals surface area contributed by atoms with Gasteiger partial charge in [-0.15, -0.1) is 0 Å². The van der Waals surface area contributed by atoms with Crippen LogP contribution in [0.4, 0.5) is 4.79 Å². The van der Waals surface area contributed by atoms with E-state index in [0.717, 1.165) is 32.1 Å². The van der Waals surface area contributed by atoms with Crippen LogP contribution in [0.1, 0.15) is 51.4 Å². The van der Waals surface area contributed by atoms with Gasteiger partial charge in [0.05, 0.1) is 0 Å². The van der Waals surface area contributed by atoms with Crippen molar-refractivity contribution in [1.82, 2.24) is 9.80 Å². The molecule has 5 heteroatoms. The maximum Gasteiger partial charge on any atom is 0.326 e. The molecule has 20 heavy (non-hydrogen) atoms. The minimum atomic E-state index is -0.838. The number of fused-ring (bicyclic) bond motifs is 1. The number of carboxylic acids is 1. The first-order valence-electron chi connectivity index (χ1n) is 7.87. The molecule has 3 fully saturated rings. The Morgan fingerprint density at radius 3 is 2.40 bits per heavy atom. The largest absolute Gasteiger partial charge is 0.480 e. The van der Waals surface area contributed by atoms with Gasteiger partial charge < -0.3 is 14.9 Å². The lowest BCUT2D eigenvalue weighted by molar-refractivity contribution is -0.141. The van der Waals surface area contributed by atoms with Crippen LogP contribution in [-0.2, 0) is 4.79 Å². The molecule has 0 aromatic rings. The molecule has 1 N–H and O–H groups in total. The Kier molecular flexibility index (Phi) is 3.61. The van der Waals surface area contributed by atoms with E-state index in [9.17, 15) is 14.7 Å². The van der Waals surface area contributed by atoms with Gasteiger partial charge in [0.2, 0.25) is 0 Å². The van der Waals surface area contributed by atoms with E-state index in [-0.39, 0.29) is 12.1 Å².